The van der Waals surface area contributed by atoms with Crippen molar-refractivity contribution in [2.75, 3.05) is 0 Å². The van der Waals surface area contributed by atoms with Crippen LogP contribution in [0.15, 0.2) is 6.20 Å². The van der Waals surface area contributed by atoms with Crippen LogP contribution in [0.1, 0.15) is 21.6 Å². The smallest absolute Gasteiger partial charge is 0.403 e. The fourth-order valence-electron chi connectivity index (χ4n) is 1.18. The van der Waals surface area contributed by atoms with Gasteiger partial charge in [-0.3, -0.25) is 9.78 Å². The average Bonchev–Trinajstić information content (AvgIpc) is 2.19. The second-order valence-corrected chi connectivity index (χ2v) is 2.98. The number of nitrogens with two attached hydrogens (primary N) is 1. The van der Waals surface area contributed by atoms with Gasteiger partial charge >= 0.3 is 6.36 Å². The summed E-state index contributed by atoms with van der Waals surface area (Å²) in [7, 11) is 0. The lowest BCUT2D eigenvalue weighted by Gasteiger charge is -2.14. The van der Waals surface area contributed by atoms with Gasteiger partial charge in [-0.1, -0.05) is 0 Å². The van der Waals surface area contributed by atoms with Gasteiger partial charge in [-0.25, -0.2) is 0 Å². The molecule has 4 nitrogen and oxygen atoms in total. The van der Waals surface area contributed by atoms with Gasteiger partial charge in [0.05, 0.1) is 11.3 Å². The molecule has 2 N–H and O–H groups in total. The second kappa shape index (κ2) is 4.48. The van der Waals surface area contributed by atoms with Gasteiger partial charge in [0.1, 0.15) is 0 Å². The monoisotopic (exact) mass is 234 g/mol. The summed E-state index contributed by atoms with van der Waals surface area (Å²) in [6.45, 7) is 1.23. The maximum absolute atomic E-state index is 12.1. The lowest BCUT2D eigenvalue weighted by atomic mass is 10.1. The molecular weight excluding hydrogens is 225 g/mol. The summed E-state index contributed by atoms with van der Waals surface area (Å²) in [6, 6.07) is 0. The van der Waals surface area contributed by atoms with Crippen LogP contribution in [0.2, 0.25) is 0 Å². The largest absolute Gasteiger partial charge is 0.573 e. The summed E-state index contributed by atoms with van der Waals surface area (Å²) in [5.41, 5.74) is 5.25. The summed E-state index contributed by atoms with van der Waals surface area (Å²) >= 11 is 0. The molecular formula is C9H9F3N2O2. The number of aryl methyl sites for hydroxylation is 1. The minimum absolute atomic E-state index is 0.0170. The second-order valence-electron chi connectivity index (χ2n) is 2.98. The van der Waals surface area contributed by atoms with Gasteiger partial charge in [0.2, 0.25) is 0 Å². The van der Waals surface area contributed by atoms with Crippen molar-refractivity contribution in [2.24, 2.45) is 5.73 Å². The van der Waals surface area contributed by atoms with Crippen LogP contribution in [0, 0.1) is 6.92 Å². The molecule has 0 radical (unpaired) electrons. The van der Waals surface area contributed by atoms with Crippen molar-refractivity contribution in [3.8, 4) is 5.75 Å². The molecule has 0 fully saturated rings. The van der Waals surface area contributed by atoms with Gasteiger partial charge in [0.15, 0.2) is 12.0 Å². The maximum Gasteiger partial charge on any atom is 0.573 e. The number of alkyl halides is 3. The molecule has 0 saturated heterocycles. The molecule has 0 unspecified atom stereocenters. The number of carbonyl (C=O) groups excluding carboxylic acids is 1. The first-order valence-electron chi connectivity index (χ1n) is 4.28. The highest BCUT2D eigenvalue weighted by Gasteiger charge is 2.33. The zero-order valence-corrected chi connectivity index (χ0v) is 8.34. The van der Waals surface area contributed by atoms with Crippen LogP contribution < -0.4 is 10.5 Å². The van der Waals surface area contributed by atoms with E-state index in [1.165, 1.54) is 13.1 Å². The Hall–Kier alpha value is -1.63. The number of hydrogen-bond acceptors (Lipinski definition) is 4. The number of hydrogen-bond donors (Lipinski definition) is 1. The van der Waals surface area contributed by atoms with Crippen molar-refractivity contribution < 1.29 is 22.7 Å². The molecule has 0 atom stereocenters. The molecule has 1 aromatic heterocycles. The average molecular weight is 234 g/mol. The first kappa shape index (κ1) is 12.4. The standard InChI is InChI=1S/C9H9F3N2O2/c1-5-8(16-9(10,11)12)7(4-15)6(2-13)3-14-5/h3-4H,2,13H2,1H3. The number of halogens is 3. The Labute approximate surface area is 89.2 Å². The third kappa shape index (κ3) is 2.69. The summed E-state index contributed by atoms with van der Waals surface area (Å²) in [5, 5.41) is 0. The molecule has 0 bridgehead atoms. The van der Waals surface area contributed by atoms with E-state index in [4.69, 9.17) is 5.73 Å². The Kier molecular flexibility index (Phi) is 3.48. The van der Waals surface area contributed by atoms with Gasteiger partial charge < -0.3 is 10.5 Å². The van der Waals surface area contributed by atoms with E-state index in [2.05, 4.69) is 9.72 Å². The van der Waals surface area contributed by atoms with Crippen LogP contribution in [0.5, 0.6) is 5.75 Å². The Balaban J connectivity index is 3.29. The van der Waals surface area contributed by atoms with Gasteiger partial charge in [-0.05, 0) is 12.5 Å². The van der Waals surface area contributed by atoms with Crippen molar-refractivity contribution in [1.82, 2.24) is 4.98 Å². The van der Waals surface area contributed by atoms with Gasteiger partial charge in [-0.2, -0.15) is 0 Å². The Bertz CT molecular complexity index is 404. The van der Waals surface area contributed by atoms with Gasteiger partial charge in [-0.15, -0.1) is 13.2 Å². The number of pyridine rings is 1. The molecule has 0 aromatic carbocycles. The number of aldehydes is 1. The van der Waals surface area contributed by atoms with E-state index in [0.717, 1.165) is 0 Å². The van der Waals surface area contributed by atoms with E-state index >= 15 is 0 Å². The molecule has 0 aliphatic carbocycles. The molecule has 0 aliphatic rings. The topological polar surface area (TPSA) is 65.2 Å². The quantitative estimate of drug-likeness (QED) is 0.806. The molecule has 1 aromatic rings. The normalized spacial score (nSPS) is 11.3. The Morgan fingerprint density at radius 1 is 1.56 bits per heavy atom. The molecule has 0 amide bonds. The number of carbonyl (C=O) groups is 1. The third-order valence-electron chi connectivity index (χ3n) is 1.89. The third-order valence-corrected chi connectivity index (χ3v) is 1.89. The van der Waals surface area contributed by atoms with E-state index in [1.807, 2.05) is 0 Å². The van der Waals surface area contributed by atoms with E-state index in [1.54, 1.807) is 0 Å². The molecule has 0 aliphatic heterocycles. The predicted molar refractivity (Wildman–Crippen MR) is 48.9 cm³/mol. The van der Waals surface area contributed by atoms with Crippen molar-refractivity contribution in [3.63, 3.8) is 0 Å². The Morgan fingerprint density at radius 3 is 2.62 bits per heavy atom. The molecule has 0 saturated carbocycles. The SMILES string of the molecule is Cc1ncc(CN)c(C=O)c1OC(F)(F)F. The van der Waals surface area contributed by atoms with Crippen LogP contribution in [0.3, 0.4) is 0 Å². The zero-order chi connectivity index (χ0) is 12.3. The van der Waals surface area contributed by atoms with Crippen molar-refractivity contribution in [3.05, 3.63) is 23.0 Å². The first-order valence-corrected chi connectivity index (χ1v) is 4.28. The first-order chi connectivity index (χ1) is 7.39. The van der Waals surface area contributed by atoms with Crippen LogP contribution in [0.25, 0.3) is 0 Å². The number of ether oxygens (including phenoxy) is 1. The maximum atomic E-state index is 12.1. The van der Waals surface area contributed by atoms with Gasteiger partial charge in [0, 0.05) is 12.7 Å². The van der Waals surface area contributed by atoms with Crippen LogP contribution >= 0.6 is 0 Å². The van der Waals surface area contributed by atoms with E-state index < -0.39 is 12.1 Å². The fourth-order valence-corrected chi connectivity index (χ4v) is 1.18. The van der Waals surface area contributed by atoms with Crippen LogP contribution in [-0.2, 0) is 6.54 Å². The van der Waals surface area contributed by atoms with E-state index in [-0.39, 0.29) is 29.7 Å². The lowest BCUT2D eigenvalue weighted by Crippen LogP contribution is -2.20. The van der Waals surface area contributed by atoms with Crippen LogP contribution in [0.4, 0.5) is 13.2 Å². The summed E-state index contributed by atoms with van der Waals surface area (Å²) in [4.78, 5) is 14.4. The highest BCUT2D eigenvalue weighted by molar-refractivity contribution is 5.82. The van der Waals surface area contributed by atoms with E-state index in [0.29, 0.717) is 0 Å². The van der Waals surface area contributed by atoms with Crippen molar-refractivity contribution in [2.45, 2.75) is 19.8 Å². The number of rotatable bonds is 3. The molecule has 1 heterocycles. The highest BCUT2D eigenvalue weighted by atomic mass is 19.4. The lowest BCUT2D eigenvalue weighted by molar-refractivity contribution is -0.275. The molecule has 88 valence electrons. The summed E-state index contributed by atoms with van der Waals surface area (Å²) in [6.07, 6.45) is -3.34. The van der Waals surface area contributed by atoms with Crippen LogP contribution in [-0.4, -0.2) is 17.6 Å². The molecule has 7 heteroatoms. The number of aromatic nitrogens is 1. The van der Waals surface area contributed by atoms with E-state index in [9.17, 15) is 18.0 Å². The predicted octanol–water partition coefficient (Wildman–Crippen LogP) is 1.56. The summed E-state index contributed by atoms with van der Waals surface area (Å²) < 4.78 is 40.0. The van der Waals surface area contributed by atoms with Crippen molar-refractivity contribution in [1.29, 1.82) is 0 Å². The number of nitrogens with zero attached hydrogens (tertiary/aromatic N) is 1. The minimum atomic E-state index is -4.86. The molecule has 1 rings (SSSR count). The zero-order valence-electron chi connectivity index (χ0n) is 8.34. The molecule has 0 spiro atoms. The summed E-state index contributed by atoms with van der Waals surface area (Å²) in [5.74, 6) is -0.592. The Morgan fingerprint density at radius 2 is 2.19 bits per heavy atom. The molecule has 16 heavy (non-hydrogen) atoms. The van der Waals surface area contributed by atoms with Crippen molar-refractivity contribution >= 4 is 6.29 Å². The fraction of sp³-hybridized carbons (Fsp3) is 0.333. The highest BCUT2D eigenvalue weighted by Crippen LogP contribution is 2.29. The minimum Gasteiger partial charge on any atom is -0.403 e. The van der Waals surface area contributed by atoms with Gasteiger partial charge in [0.25, 0.3) is 0 Å².